The molecular weight excluding hydrogens is 150 g/mol. The van der Waals surface area contributed by atoms with Crippen LogP contribution < -0.4 is 0 Å². The van der Waals surface area contributed by atoms with Gasteiger partial charge in [-0.3, -0.25) is 0 Å². The summed E-state index contributed by atoms with van der Waals surface area (Å²) in [6.07, 6.45) is 5.34. The smallest absolute Gasteiger partial charge is 0.0643 e. The first-order valence-electron chi connectivity index (χ1n) is 4.52. The van der Waals surface area contributed by atoms with Crippen molar-refractivity contribution in [1.82, 2.24) is 4.90 Å². The molecule has 0 aromatic heterocycles. The van der Waals surface area contributed by atoms with E-state index in [2.05, 4.69) is 37.9 Å². The van der Waals surface area contributed by atoms with Crippen molar-refractivity contribution in [3.05, 3.63) is 12.2 Å². The molecular formula is C10H21NO. The van der Waals surface area contributed by atoms with Crippen LogP contribution in [0.1, 0.15) is 20.3 Å². The zero-order valence-electron chi connectivity index (χ0n) is 8.71. The van der Waals surface area contributed by atoms with E-state index in [0.29, 0.717) is 6.04 Å². The summed E-state index contributed by atoms with van der Waals surface area (Å²) in [5.74, 6) is 0. The maximum Gasteiger partial charge on any atom is 0.0643 e. The fraction of sp³-hybridized carbons (Fsp3) is 0.800. The van der Waals surface area contributed by atoms with Crippen molar-refractivity contribution in [3.8, 4) is 0 Å². The Balaban J connectivity index is 3.30. The predicted molar refractivity (Wildman–Crippen MR) is 53.4 cm³/mol. The van der Waals surface area contributed by atoms with Crippen LogP contribution in [0.2, 0.25) is 0 Å². The van der Waals surface area contributed by atoms with Gasteiger partial charge in [-0.15, -0.1) is 0 Å². The van der Waals surface area contributed by atoms with E-state index in [9.17, 15) is 0 Å². The van der Waals surface area contributed by atoms with Crippen molar-refractivity contribution >= 4 is 0 Å². The molecule has 0 saturated heterocycles. The van der Waals surface area contributed by atoms with Gasteiger partial charge in [0.05, 0.1) is 6.61 Å². The molecule has 72 valence electrons. The minimum Gasteiger partial charge on any atom is -0.381 e. The van der Waals surface area contributed by atoms with E-state index in [1.807, 2.05) is 0 Å². The van der Waals surface area contributed by atoms with Gasteiger partial charge in [0.1, 0.15) is 0 Å². The first-order valence-corrected chi connectivity index (χ1v) is 4.52. The van der Waals surface area contributed by atoms with Gasteiger partial charge in [0, 0.05) is 19.7 Å². The van der Waals surface area contributed by atoms with Gasteiger partial charge in [0.25, 0.3) is 0 Å². The first-order chi connectivity index (χ1) is 5.68. The highest BCUT2D eigenvalue weighted by Crippen LogP contribution is 1.95. The summed E-state index contributed by atoms with van der Waals surface area (Å²) < 4.78 is 4.90. The minimum absolute atomic E-state index is 0.640. The molecule has 0 amide bonds. The molecule has 0 saturated carbocycles. The fourth-order valence-corrected chi connectivity index (χ4v) is 0.818. The van der Waals surface area contributed by atoms with Crippen molar-refractivity contribution in [2.45, 2.75) is 26.3 Å². The second kappa shape index (κ2) is 7.32. The van der Waals surface area contributed by atoms with E-state index >= 15 is 0 Å². The summed E-state index contributed by atoms with van der Waals surface area (Å²) in [7, 11) is 3.86. The Labute approximate surface area is 76.2 Å². The lowest BCUT2D eigenvalue weighted by atomic mass is 10.3. The van der Waals surface area contributed by atoms with Gasteiger partial charge in [-0.1, -0.05) is 12.2 Å². The van der Waals surface area contributed by atoms with E-state index in [-0.39, 0.29) is 0 Å². The van der Waals surface area contributed by atoms with E-state index in [1.165, 1.54) is 0 Å². The van der Waals surface area contributed by atoms with Gasteiger partial charge in [-0.2, -0.15) is 0 Å². The van der Waals surface area contributed by atoms with Crippen molar-refractivity contribution in [3.63, 3.8) is 0 Å². The monoisotopic (exact) mass is 171 g/mol. The molecule has 0 bridgehead atoms. The Kier molecular flexibility index (Phi) is 7.11. The highest BCUT2D eigenvalue weighted by molar-refractivity contribution is 4.82. The second-order valence-corrected chi connectivity index (χ2v) is 3.29. The molecule has 12 heavy (non-hydrogen) atoms. The topological polar surface area (TPSA) is 12.5 Å². The Morgan fingerprint density at radius 3 is 2.50 bits per heavy atom. The van der Waals surface area contributed by atoms with Crippen molar-refractivity contribution in [2.75, 3.05) is 27.3 Å². The van der Waals surface area contributed by atoms with E-state index in [0.717, 1.165) is 19.6 Å². The summed E-state index contributed by atoms with van der Waals surface area (Å²) >= 11 is 0. The van der Waals surface area contributed by atoms with Crippen LogP contribution in [-0.4, -0.2) is 38.3 Å². The number of hydrogen-bond donors (Lipinski definition) is 0. The molecule has 0 atom stereocenters. The molecule has 2 nitrogen and oxygen atoms in total. The molecule has 0 heterocycles. The van der Waals surface area contributed by atoms with Crippen LogP contribution in [0.15, 0.2) is 12.2 Å². The van der Waals surface area contributed by atoms with Gasteiger partial charge < -0.3 is 9.64 Å². The third-order valence-corrected chi connectivity index (χ3v) is 1.96. The number of methoxy groups -OCH3 is 1. The number of nitrogens with zero attached hydrogens (tertiary/aromatic N) is 1. The lowest BCUT2D eigenvalue weighted by Crippen LogP contribution is -2.26. The average Bonchev–Trinajstić information content (AvgIpc) is 2.03. The second-order valence-electron chi connectivity index (χ2n) is 3.29. The van der Waals surface area contributed by atoms with E-state index in [4.69, 9.17) is 4.74 Å². The minimum atomic E-state index is 0.640. The van der Waals surface area contributed by atoms with Crippen LogP contribution in [0.3, 0.4) is 0 Å². The summed E-state index contributed by atoms with van der Waals surface area (Å²) in [6, 6.07) is 0.640. The normalized spacial score (nSPS) is 12.2. The molecule has 0 unspecified atom stereocenters. The lowest BCUT2D eigenvalue weighted by molar-refractivity contribution is 0.233. The average molecular weight is 171 g/mol. The quantitative estimate of drug-likeness (QED) is 0.566. The third-order valence-electron chi connectivity index (χ3n) is 1.96. The van der Waals surface area contributed by atoms with Gasteiger partial charge >= 0.3 is 0 Å². The van der Waals surface area contributed by atoms with Crippen LogP contribution in [0.5, 0.6) is 0 Å². The molecule has 0 fully saturated rings. The van der Waals surface area contributed by atoms with Crippen molar-refractivity contribution < 1.29 is 4.74 Å². The number of rotatable bonds is 6. The molecule has 0 rings (SSSR count). The van der Waals surface area contributed by atoms with Gasteiger partial charge in [0.2, 0.25) is 0 Å². The van der Waals surface area contributed by atoms with Crippen LogP contribution in [0.25, 0.3) is 0 Å². The molecule has 0 aromatic carbocycles. The van der Waals surface area contributed by atoms with Gasteiger partial charge in [-0.05, 0) is 27.3 Å². The Morgan fingerprint density at radius 2 is 2.00 bits per heavy atom. The molecule has 2 heteroatoms. The summed E-state index contributed by atoms with van der Waals surface area (Å²) in [5, 5.41) is 0. The predicted octanol–water partition coefficient (Wildman–Crippen LogP) is 1.92. The largest absolute Gasteiger partial charge is 0.381 e. The van der Waals surface area contributed by atoms with Crippen LogP contribution in [-0.2, 0) is 4.74 Å². The highest BCUT2D eigenvalue weighted by Gasteiger charge is 1.99. The van der Waals surface area contributed by atoms with Gasteiger partial charge in [0.15, 0.2) is 0 Å². The van der Waals surface area contributed by atoms with Crippen molar-refractivity contribution in [1.29, 1.82) is 0 Å². The summed E-state index contributed by atoms with van der Waals surface area (Å²) in [5.41, 5.74) is 0. The van der Waals surface area contributed by atoms with E-state index in [1.54, 1.807) is 7.11 Å². The number of hydrogen-bond acceptors (Lipinski definition) is 2. The van der Waals surface area contributed by atoms with E-state index < -0.39 is 0 Å². The molecule has 0 aliphatic rings. The summed E-state index contributed by atoms with van der Waals surface area (Å²) in [6.45, 7) is 6.26. The highest BCUT2D eigenvalue weighted by atomic mass is 16.5. The molecule has 0 aliphatic heterocycles. The van der Waals surface area contributed by atoms with Crippen LogP contribution in [0, 0.1) is 0 Å². The molecule has 0 N–H and O–H groups in total. The van der Waals surface area contributed by atoms with Crippen LogP contribution >= 0.6 is 0 Å². The Bertz CT molecular complexity index is 121. The molecule has 0 aliphatic carbocycles. The molecule has 0 aromatic rings. The number of ether oxygens (including phenoxy) is 1. The SMILES string of the molecule is COC/C=C\CCN(C)C(C)C. The zero-order chi connectivity index (χ0) is 9.40. The first kappa shape index (κ1) is 11.7. The Morgan fingerprint density at radius 1 is 1.33 bits per heavy atom. The zero-order valence-corrected chi connectivity index (χ0v) is 8.71. The Hall–Kier alpha value is -0.340. The third kappa shape index (κ3) is 6.38. The molecule has 0 radical (unpaired) electrons. The lowest BCUT2D eigenvalue weighted by Gasteiger charge is -2.19. The molecule has 0 spiro atoms. The standard InChI is InChI=1S/C10H21NO/c1-10(2)11(3)8-6-5-7-9-12-4/h5,7,10H,6,8-9H2,1-4H3/b7-5-. The maximum atomic E-state index is 4.90. The maximum absolute atomic E-state index is 4.90. The summed E-state index contributed by atoms with van der Waals surface area (Å²) in [4.78, 5) is 2.33. The van der Waals surface area contributed by atoms with Gasteiger partial charge in [-0.25, -0.2) is 0 Å². The fourth-order valence-electron chi connectivity index (χ4n) is 0.818. The van der Waals surface area contributed by atoms with Crippen molar-refractivity contribution in [2.24, 2.45) is 0 Å². The van der Waals surface area contributed by atoms with Crippen LogP contribution in [0.4, 0.5) is 0 Å².